The second-order valence-electron chi connectivity index (χ2n) is 7.06. The van der Waals surface area contributed by atoms with Gasteiger partial charge in [-0.15, -0.1) is 0 Å². The Morgan fingerprint density at radius 2 is 1.90 bits per heavy atom. The van der Waals surface area contributed by atoms with Crippen LogP contribution in [0.5, 0.6) is 11.5 Å². The minimum Gasteiger partial charge on any atom is -0.497 e. The minimum absolute atomic E-state index is 0.00593. The highest BCUT2D eigenvalue weighted by atomic mass is 19.2. The molecule has 156 valence electrons. The van der Waals surface area contributed by atoms with Crippen molar-refractivity contribution in [2.75, 3.05) is 26.1 Å². The van der Waals surface area contributed by atoms with Crippen LogP contribution < -0.4 is 19.7 Å². The molecule has 1 aliphatic rings. The molecule has 5 nitrogen and oxygen atoms in total. The van der Waals surface area contributed by atoms with Gasteiger partial charge in [0, 0.05) is 18.9 Å². The first kappa shape index (κ1) is 21.0. The van der Waals surface area contributed by atoms with Crippen LogP contribution in [0, 0.1) is 17.5 Å². The zero-order valence-electron chi connectivity index (χ0n) is 16.5. The van der Waals surface area contributed by atoms with E-state index in [1.165, 1.54) is 0 Å². The van der Waals surface area contributed by atoms with E-state index < -0.39 is 29.4 Å². The molecule has 2 N–H and O–H groups in total. The van der Waals surface area contributed by atoms with Crippen LogP contribution in [0.25, 0.3) is 0 Å². The van der Waals surface area contributed by atoms with Crippen molar-refractivity contribution in [2.45, 2.75) is 31.8 Å². The SMILES string of the molecule is COc1ccc([C@H]2CCC[NH+]2[C@@H](C)C(=O)Nc2ccc(F)c(F)c2F)c(OC)c1. The standard InChI is InChI=1S/C21H23F3N2O3/c1-12(21(27)25-16-9-8-15(22)19(23)20(16)24)26-10-4-5-17(26)14-7-6-13(28-2)11-18(14)29-3/h6-9,11-12,17H,4-5,10H2,1-3H3,(H,25,27)/p+1/t12-,17+/m0/s1. The Bertz CT molecular complexity index is 907. The van der Waals surface area contributed by atoms with Crippen molar-refractivity contribution in [1.82, 2.24) is 0 Å². The molecule has 1 heterocycles. The summed E-state index contributed by atoms with van der Waals surface area (Å²) >= 11 is 0. The summed E-state index contributed by atoms with van der Waals surface area (Å²) in [4.78, 5) is 13.7. The predicted octanol–water partition coefficient (Wildman–Crippen LogP) is 2.87. The fraction of sp³-hybridized carbons (Fsp3) is 0.381. The molecule has 0 bridgehead atoms. The number of amides is 1. The second-order valence-corrected chi connectivity index (χ2v) is 7.06. The fourth-order valence-corrected chi connectivity index (χ4v) is 3.88. The van der Waals surface area contributed by atoms with Gasteiger partial charge in [0.2, 0.25) is 0 Å². The van der Waals surface area contributed by atoms with Crippen LogP contribution in [0.2, 0.25) is 0 Å². The van der Waals surface area contributed by atoms with Crippen LogP contribution in [-0.4, -0.2) is 32.7 Å². The molecule has 3 rings (SSSR count). The Morgan fingerprint density at radius 1 is 1.14 bits per heavy atom. The van der Waals surface area contributed by atoms with Crippen molar-refractivity contribution >= 4 is 11.6 Å². The summed E-state index contributed by atoms with van der Waals surface area (Å²) in [5.74, 6) is -3.44. The molecule has 3 atom stereocenters. The van der Waals surface area contributed by atoms with E-state index in [2.05, 4.69) is 5.32 Å². The van der Waals surface area contributed by atoms with Crippen molar-refractivity contribution in [2.24, 2.45) is 0 Å². The molecule has 0 radical (unpaired) electrons. The largest absolute Gasteiger partial charge is 0.497 e. The van der Waals surface area contributed by atoms with Gasteiger partial charge in [0.25, 0.3) is 5.91 Å². The second kappa shape index (κ2) is 8.73. The van der Waals surface area contributed by atoms with Gasteiger partial charge in [-0.25, -0.2) is 13.2 Å². The zero-order chi connectivity index (χ0) is 21.1. The molecule has 1 amide bonds. The number of rotatable bonds is 6. The first-order valence-corrected chi connectivity index (χ1v) is 9.39. The Labute approximate surface area is 167 Å². The molecule has 1 saturated heterocycles. The lowest BCUT2D eigenvalue weighted by molar-refractivity contribution is -0.932. The number of hydrogen-bond donors (Lipinski definition) is 2. The Morgan fingerprint density at radius 3 is 2.59 bits per heavy atom. The van der Waals surface area contributed by atoms with Crippen LogP contribution in [0.4, 0.5) is 18.9 Å². The molecule has 2 aromatic rings. The van der Waals surface area contributed by atoms with E-state index in [1.54, 1.807) is 27.2 Å². The quantitative estimate of drug-likeness (QED) is 0.722. The first-order valence-electron chi connectivity index (χ1n) is 9.39. The third-order valence-electron chi connectivity index (χ3n) is 5.46. The lowest BCUT2D eigenvalue weighted by Crippen LogP contribution is -3.15. The summed E-state index contributed by atoms with van der Waals surface area (Å²) in [6.07, 6.45) is 1.77. The number of carbonyl (C=O) groups excluding carboxylic acids is 1. The van der Waals surface area contributed by atoms with Gasteiger partial charge < -0.3 is 19.7 Å². The van der Waals surface area contributed by atoms with E-state index >= 15 is 0 Å². The fourth-order valence-electron chi connectivity index (χ4n) is 3.88. The maximum atomic E-state index is 13.9. The van der Waals surface area contributed by atoms with Gasteiger partial charge in [0.1, 0.15) is 17.5 Å². The van der Waals surface area contributed by atoms with E-state index in [4.69, 9.17) is 9.47 Å². The molecule has 2 aromatic carbocycles. The summed E-state index contributed by atoms with van der Waals surface area (Å²) in [5.41, 5.74) is 0.581. The van der Waals surface area contributed by atoms with Gasteiger partial charge in [-0.3, -0.25) is 4.79 Å². The van der Waals surface area contributed by atoms with Gasteiger partial charge in [-0.1, -0.05) is 0 Å². The van der Waals surface area contributed by atoms with Crippen LogP contribution >= 0.6 is 0 Å². The van der Waals surface area contributed by atoms with Gasteiger partial charge >= 0.3 is 0 Å². The van der Waals surface area contributed by atoms with E-state index in [0.29, 0.717) is 11.5 Å². The smallest absolute Gasteiger partial charge is 0.282 e. The molecular weight excluding hydrogens is 385 g/mol. The molecule has 0 aromatic heterocycles. The third kappa shape index (κ3) is 4.17. The topological polar surface area (TPSA) is 52.0 Å². The maximum Gasteiger partial charge on any atom is 0.282 e. The zero-order valence-corrected chi connectivity index (χ0v) is 16.5. The normalized spacial score (nSPS) is 19.7. The Kier molecular flexibility index (Phi) is 6.32. The number of ether oxygens (including phenoxy) is 2. The maximum absolute atomic E-state index is 13.9. The average Bonchev–Trinajstić information content (AvgIpc) is 3.22. The number of quaternary nitrogens is 1. The van der Waals surface area contributed by atoms with Crippen molar-refractivity contribution in [3.05, 3.63) is 53.3 Å². The first-order chi connectivity index (χ1) is 13.9. The molecule has 0 aliphatic carbocycles. The van der Waals surface area contributed by atoms with Gasteiger partial charge in [0.05, 0.1) is 32.0 Å². The lowest BCUT2D eigenvalue weighted by atomic mass is 10.0. The number of nitrogens with one attached hydrogen (secondary N) is 2. The summed E-state index contributed by atoms with van der Waals surface area (Å²) in [6.45, 7) is 2.48. The van der Waals surface area contributed by atoms with Crippen LogP contribution in [0.1, 0.15) is 31.4 Å². The Hall–Kier alpha value is -2.74. The molecule has 1 unspecified atom stereocenters. The number of methoxy groups -OCH3 is 2. The van der Waals surface area contributed by atoms with Gasteiger partial charge in [0.15, 0.2) is 23.5 Å². The number of likely N-dealkylation sites (tertiary alicyclic amines) is 1. The monoisotopic (exact) mass is 409 g/mol. The highest BCUT2D eigenvalue weighted by Crippen LogP contribution is 2.32. The number of hydrogen-bond acceptors (Lipinski definition) is 3. The number of carbonyl (C=O) groups is 1. The molecule has 8 heteroatoms. The lowest BCUT2D eigenvalue weighted by Gasteiger charge is -2.28. The number of benzene rings is 2. The summed E-state index contributed by atoms with van der Waals surface area (Å²) < 4.78 is 51.2. The summed E-state index contributed by atoms with van der Waals surface area (Å²) in [7, 11) is 3.15. The van der Waals surface area contributed by atoms with Crippen LogP contribution in [0.3, 0.4) is 0 Å². The molecule has 0 spiro atoms. The van der Waals surface area contributed by atoms with E-state index in [9.17, 15) is 18.0 Å². The predicted molar refractivity (Wildman–Crippen MR) is 102 cm³/mol. The number of halogens is 3. The molecule has 1 fully saturated rings. The highest BCUT2D eigenvalue weighted by molar-refractivity contribution is 5.93. The minimum atomic E-state index is -1.61. The summed E-state index contributed by atoms with van der Waals surface area (Å²) in [6, 6.07) is 6.83. The molecular formula is C21H24F3N2O3+. The van der Waals surface area contributed by atoms with Crippen molar-refractivity contribution in [1.29, 1.82) is 0 Å². The Balaban J connectivity index is 1.80. The van der Waals surface area contributed by atoms with E-state index in [1.807, 2.05) is 12.1 Å². The van der Waals surface area contributed by atoms with Crippen LogP contribution in [0.15, 0.2) is 30.3 Å². The molecule has 29 heavy (non-hydrogen) atoms. The van der Waals surface area contributed by atoms with Gasteiger partial charge in [-0.05, 0) is 31.2 Å². The van der Waals surface area contributed by atoms with Crippen LogP contribution in [-0.2, 0) is 4.79 Å². The average molecular weight is 409 g/mol. The van der Waals surface area contributed by atoms with Crippen molar-refractivity contribution in [3.63, 3.8) is 0 Å². The van der Waals surface area contributed by atoms with Crippen molar-refractivity contribution < 1.29 is 32.3 Å². The van der Waals surface area contributed by atoms with Gasteiger partial charge in [-0.2, -0.15) is 0 Å². The highest BCUT2D eigenvalue weighted by Gasteiger charge is 2.38. The number of anilines is 1. The van der Waals surface area contributed by atoms with E-state index in [-0.39, 0.29) is 11.7 Å². The molecule has 1 aliphatic heterocycles. The van der Waals surface area contributed by atoms with E-state index in [0.717, 1.165) is 42.0 Å². The third-order valence-corrected chi connectivity index (χ3v) is 5.46. The molecule has 0 saturated carbocycles. The van der Waals surface area contributed by atoms with Crippen molar-refractivity contribution in [3.8, 4) is 11.5 Å². The summed E-state index contributed by atoms with van der Waals surface area (Å²) in [5, 5.41) is 2.38.